The number of hydrogen-bond acceptors (Lipinski definition) is 3. The Morgan fingerprint density at radius 3 is 2.95 bits per heavy atom. The molecular weight excluding hydrogens is 313 g/mol. The van der Waals surface area contributed by atoms with E-state index in [4.69, 9.17) is 4.74 Å². The number of ether oxygens (including phenoxy) is 1. The fourth-order valence-electron chi connectivity index (χ4n) is 2.33. The van der Waals surface area contributed by atoms with Crippen molar-refractivity contribution >= 4 is 15.9 Å². The van der Waals surface area contributed by atoms with Crippen molar-refractivity contribution in [2.75, 3.05) is 26.2 Å². The van der Waals surface area contributed by atoms with Crippen molar-refractivity contribution in [3.8, 4) is 5.75 Å². The van der Waals surface area contributed by atoms with Gasteiger partial charge in [0.1, 0.15) is 18.2 Å². The third kappa shape index (κ3) is 4.44. The molecule has 2 rings (SSSR count). The van der Waals surface area contributed by atoms with Gasteiger partial charge in [0.15, 0.2) is 0 Å². The molecule has 2 atom stereocenters. The summed E-state index contributed by atoms with van der Waals surface area (Å²) in [4.78, 5) is 2.27. The smallest absolute Gasteiger partial charge is 0.128 e. The first kappa shape index (κ1) is 14.8. The molecule has 1 aromatic carbocycles. The Morgan fingerprint density at radius 2 is 2.26 bits per heavy atom. The number of likely N-dealkylation sites (tertiary alicyclic amines) is 1. The molecule has 1 saturated heterocycles. The molecule has 0 amide bonds. The van der Waals surface area contributed by atoms with Crippen LogP contribution in [0.25, 0.3) is 0 Å². The molecule has 0 bridgehead atoms. The maximum Gasteiger partial charge on any atom is 0.128 e. The molecule has 0 unspecified atom stereocenters. The van der Waals surface area contributed by atoms with Crippen LogP contribution >= 0.6 is 15.9 Å². The minimum absolute atomic E-state index is 0.184. The summed E-state index contributed by atoms with van der Waals surface area (Å²) >= 11 is 3.24. The molecule has 0 spiro atoms. The third-order valence-corrected chi connectivity index (χ3v) is 3.91. The highest BCUT2D eigenvalue weighted by atomic mass is 79.9. The standard InChI is InChI=1S/C14H19BrFNO2/c1-10-9-17(3-2-14(10)18)4-5-19-13-7-11(15)6-12(16)8-13/h6-8,10,14,18H,2-5,9H2,1H3/t10-,14-/m0/s1. The lowest BCUT2D eigenvalue weighted by Gasteiger charge is -2.34. The predicted octanol–water partition coefficient (Wildman–Crippen LogP) is 2.67. The number of halogens is 2. The molecule has 1 N–H and O–H groups in total. The molecule has 0 aromatic heterocycles. The maximum absolute atomic E-state index is 13.2. The van der Waals surface area contributed by atoms with Crippen LogP contribution in [-0.2, 0) is 0 Å². The molecule has 0 saturated carbocycles. The Balaban J connectivity index is 1.77. The molecule has 106 valence electrons. The summed E-state index contributed by atoms with van der Waals surface area (Å²) in [7, 11) is 0. The van der Waals surface area contributed by atoms with Gasteiger partial charge in [0.05, 0.1) is 6.10 Å². The van der Waals surface area contributed by atoms with Crippen molar-refractivity contribution in [3.63, 3.8) is 0 Å². The Kier molecular flexibility index (Phi) is 5.19. The molecule has 19 heavy (non-hydrogen) atoms. The van der Waals surface area contributed by atoms with Crippen molar-refractivity contribution in [2.45, 2.75) is 19.4 Å². The van der Waals surface area contributed by atoms with E-state index in [1.807, 2.05) is 0 Å². The van der Waals surface area contributed by atoms with Crippen LogP contribution in [0.2, 0.25) is 0 Å². The number of rotatable bonds is 4. The second-order valence-corrected chi connectivity index (χ2v) is 6.00. The van der Waals surface area contributed by atoms with E-state index in [-0.39, 0.29) is 11.9 Å². The van der Waals surface area contributed by atoms with Gasteiger partial charge in [0, 0.05) is 30.2 Å². The van der Waals surface area contributed by atoms with Gasteiger partial charge < -0.3 is 9.84 Å². The first-order chi connectivity index (χ1) is 9.04. The predicted molar refractivity (Wildman–Crippen MR) is 75.8 cm³/mol. The lowest BCUT2D eigenvalue weighted by atomic mass is 9.97. The zero-order valence-corrected chi connectivity index (χ0v) is 12.6. The summed E-state index contributed by atoms with van der Waals surface area (Å²) in [5.41, 5.74) is 0. The van der Waals surface area contributed by atoms with Gasteiger partial charge in [0.2, 0.25) is 0 Å². The van der Waals surface area contributed by atoms with Crippen LogP contribution in [0.1, 0.15) is 13.3 Å². The van der Waals surface area contributed by atoms with Crippen molar-refractivity contribution in [2.24, 2.45) is 5.92 Å². The number of aliphatic hydroxyl groups is 1. The zero-order chi connectivity index (χ0) is 13.8. The first-order valence-electron chi connectivity index (χ1n) is 6.54. The van der Waals surface area contributed by atoms with Crippen molar-refractivity contribution in [1.82, 2.24) is 4.90 Å². The summed E-state index contributed by atoms with van der Waals surface area (Å²) in [5.74, 6) is 0.535. The van der Waals surface area contributed by atoms with Crippen LogP contribution < -0.4 is 4.74 Å². The van der Waals surface area contributed by atoms with Crippen LogP contribution in [-0.4, -0.2) is 42.4 Å². The molecule has 5 heteroatoms. The Hall–Kier alpha value is -0.650. The highest BCUT2D eigenvalue weighted by Gasteiger charge is 2.23. The summed E-state index contributed by atoms with van der Waals surface area (Å²) in [6.45, 7) is 5.16. The monoisotopic (exact) mass is 331 g/mol. The van der Waals surface area contributed by atoms with Crippen LogP contribution in [0.4, 0.5) is 4.39 Å². The normalized spacial score (nSPS) is 24.4. The van der Waals surface area contributed by atoms with Crippen LogP contribution in [0.3, 0.4) is 0 Å². The topological polar surface area (TPSA) is 32.7 Å². The lowest BCUT2D eigenvalue weighted by molar-refractivity contribution is 0.0304. The highest BCUT2D eigenvalue weighted by Crippen LogP contribution is 2.21. The highest BCUT2D eigenvalue weighted by molar-refractivity contribution is 9.10. The fourth-order valence-corrected chi connectivity index (χ4v) is 2.77. The quantitative estimate of drug-likeness (QED) is 0.920. The number of hydrogen-bond donors (Lipinski definition) is 1. The molecule has 1 fully saturated rings. The van der Waals surface area contributed by atoms with E-state index in [1.165, 1.54) is 12.1 Å². The summed E-state index contributed by atoms with van der Waals surface area (Å²) < 4.78 is 19.4. The molecule has 1 heterocycles. The molecule has 1 aromatic rings. The van der Waals surface area contributed by atoms with Crippen LogP contribution in [0, 0.1) is 11.7 Å². The average molecular weight is 332 g/mol. The number of nitrogens with zero attached hydrogens (tertiary/aromatic N) is 1. The van der Waals surface area contributed by atoms with E-state index in [0.29, 0.717) is 22.7 Å². The molecule has 1 aliphatic rings. The second-order valence-electron chi connectivity index (χ2n) is 5.09. The van der Waals surface area contributed by atoms with Gasteiger partial charge in [-0.05, 0) is 24.5 Å². The molecular formula is C14H19BrFNO2. The Labute approximate surface area is 121 Å². The first-order valence-corrected chi connectivity index (χ1v) is 7.33. The van der Waals surface area contributed by atoms with Gasteiger partial charge in [-0.25, -0.2) is 4.39 Å². The average Bonchev–Trinajstić information content (AvgIpc) is 2.32. The maximum atomic E-state index is 13.2. The number of aliphatic hydroxyl groups excluding tert-OH is 1. The molecule has 3 nitrogen and oxygen atoms in total. The number of benzene rings is 1. The lowest BCUT2D eigenvalue weighted by Crippen LogP contribution is -2.43. The molecule has 0 aliphatic carbocycles. The SMILES string of the molecule is C[C@H]1CN(CCOc2cc(F)cc(Br)c2)CC[C@@H]1O. The summed E-state index contributed by atoms with van der Waals surface area (Å²) in [6.07, 6.45) is 0.628. The van der Waals surface area contributed by atoms with Gasteiger partial charge in [0.25, 0.3) is 0 Å². The van der Waals surface area contributed by atoms with Gasteiger partial charge in [-0.3, -0.25) is 4.90 Å². The van der Waals surface area contributed by atoms with Gasteiger partial charge >= 0.3 is 0 Å². The second kappa shape index (κ2) is 6.68. The van der Waals surface area contributed by atoms with Crippen LogP contribution in [0.5, 0.6) is 5.75 Å². The fraction of sp³-hybridized carbons (Fsp3) is 0.571. The largest absolute Gasteiger partial charge is 0.492 e. The van der Waals surface area contributed by atoms with E-state index in [1.54, 1.807) is 6.07 Å². The van der Waals surface area contributed by atoms with Gasteiger partial charge in [-0.1, -0.05) is 22.9 Å². The van der Waals surface area contributed by atoms with Crippen molar-refractivity contribution < 1.29 is 14.2 Å². The van der Waals surface area contributed by atoms with Crippen molar-refractivity contribution in [1.29, 1.82) is 0 Å². The molecule has 0 radical (unpaired) electrons. The van der Waals surface area contributed by atoms with E-state index < -0.39 is 0 Å². The van der Waals surface area contributed by atoms with Crippen LogP contribution in [0.15, 0.2) is 22.7 Å². The van der Waals surface area contributed by atoms with E-state index >= 15 is 0 Å². The zero-order valence-electron chi connectivity index (χ0n) is 11.0. The summed E-state index contributed by atoms with van der Waals surface area (Å²) in [6, 6.07) is 4.54. The minimum atomic E-state index is -0.306. The van der Waals surface area contributed by atoms with Gasteiger partial charge in [-0.15, -0.1) is 0 Å². The van der Waals surface area contributed by atoms with Gasteiger partial charge in [-0.2, -0.15) is 0 Å². The van der Waals surface area contributed by atoms with Crippen molar-refractivity contribution in [3.05, 3.63) is 28.5 Å². The molecule has 1 aliphatic heterocycles. The number of piperidine rings is 1. The minimum Gasteiger partial charge on any atom is -0.492 e. The third-order valence-electron chi connectivity index (χ3n) is 3.46. The van der Waals surface area contributed by atoms with E-state index in [2.05, 4.69) is 27.8 Å². The Bertz CT molecular complexity index is 410. The Morgan fingerprint density at radius 1 is 1.47 bits per heavy atom. The summed E-state index contributed by atoms with van der Waals surface area (Å²) in [5, 5.41) is 9.66. The van der Waals surface area contributed by atoms with E-state index in [0.717, 1.165) is 26.1 Å². The van der Waals surface area contributed by atoms with E-state index in [9.17, 15) is 9.50 Å².